The van der Waals surface area contributed by atoms with E-state index < -0.39 is 16.0 Å². The number of benzene rings is 1. The molecule has 1 aliphatic heterocycles. The number of nitrogens with zero attached hydrogens (tertiary/aromatic N) is 1. The Labute approximate surface area is 162 Å². The van der Waals surface area contributed by atoms with Gasteiger partial charge in [0.2, 0.25) is 0 Å². The van der Waals surface area contributed by atoms with Crippen LogP contribution in [0.15, 0.2) is 40.6 Å². The van der Waals surface area contributed by atoms with Crippen molar-refractivity contribution in [2.45, 2.75) is 23.5 Å². The Hall–Kier alpha value is -2.16. The number of para-hydroxylation sites is 1. The van der Waals surface area contributed by atoms with Crippen molar-refractivity contribution in [3.05, 3.63) is 46.8 Å². The van der Waals surface area contributed by atoms with Gasteiger partial charge in [0, 0.05) is 23.5 Å². The van der Waals surface area contributed by atoms with Gasteiger partial charge in [-0.1, -0.05) is 24.6 Å². The molecule has 0 unspecified atom stereocenters. The smallest absolute Gasteiger partial charge is 0.337 e. The largest absolute Gasteiger partial charge is 0.496 e. The molecule has 3 rings (SSSR count). The summed E-state index contributed by atoms with van der Waals surface area (Å²) in [5, 5.41) is 9.65. The molecule has 6 nitrogen and oxygen atoms in total. The average Bonchev–Trinajstić information content (AvgIpc) is 3.17. The van der Waals surface area contributed by atoms with Crippen molar-refractivity contribution in [2.75, 3.05) is 20.2 Å². The van der Waals surface area contributed by atoms with Gasteiger partial charge < -0.3 is 9.84 Å². The fourth-order valence-electron chi connectivity index (χ4n) is 3.02. The minimum Gasteiger partial charge on any atom is -0.496 e. The topological polar surface area (TPSA) is 83.9 Å². The van der Waals surface area contributed by atoms with Crippen LogP contribution in [0.4, 0.5) is 0 Å². The lowest BCUT2D eigenvalue weighted by Crippen LogP contribution is -2.35. The number of ether oxygens (including phenoxy) is 1. The lowest BCUT2D eigenvalue weighted by Gasteiger charge is -2.25. The van der Waals surface area contributed by atoms with E-state index in [4.69, 9.17) is 4.74 Å². The summed E-state index contributed by atoms with van der Waals surface area (Å²) in [5.74, 6) is -0.571. The Kier molecular flexibility index (Phi) is 5.98. The van der Waals surface area contributed by atoms with E-state index in [0.29, 0.717) is 29.3 Å². The van der Waals surface area contributed by atoms with Crippen molar-refractivity contribution in [2.24, 2.45) is 0 Å². The SMILES string of the molecule is COc1ccccc1C=C(C(=O)O)c1ccc(S(=O)(=O)N2CCCCC2)s1. The number of hydrogen-bond acceptors (Lipinski definition) is 5. The summed E-state index contributed by atoms with van der Waals surface area (Å²) in [5.41, 5.74) is 0.649. The van der Waals surface area contributed by atoms with E-state index in [1.165, 1.54) is 23.6 Å². The second kappa shape index (κ2) is 8.24. The molecule has 0 saturated carbocycles. The van der Waals surface area contributed by atoms with Gasteiger partial charge in [0.05, 0.1) is 12.7 Å². The predicted molar refractivity (Wildman–Crippen MR) is 105 cm³/mol. The molecule has 0 spiro atoms. The van der Waals surface area contributed by atoms with E-state index in [1.54, 1.807) is 30.3 Å². The maximum atomic E-state index is 12.8. The number of hydrogen-bond donors (Lipinski definition) is 1. The number of carboxylic acids is 1. The molecule has 1 saturated heterocycles. The molecule has 0 aliphatic carbocycles. The van der Waals surface area contributed by atoms with Crippen LogP contribution in [0.2, 0.25) is 0 Å². The number of sulfonamides is 1. The van der Waals surface area contributed by atoms with E-state index in [2.05, 4.69) is 0 Å². The summed E-state index contributed by atoms with van der Waals surface area (Å²) in [4.78, 5) is 12.2. The molecule has 1 aromatic heterocycles. The number of aliphatic carboxylic acids is 1. The highest BCUT2D eigenvalue weighted by molar-refractivity contribution is 7.91. The zero-order chi connectivity index (χ0) is 19.4. The van der Waals surface area contributed by atoms with Crippen LogP contribution in [0, 0.1) is 0 Å². The quantitative estimate of drug-likeness (QED) is 0.740. The molecule has 0 atom stereocenters. The fourth-order valence-corrected chi connectivity index (χ4v) is 6.00. The lowest BCUT2D eigenvalue weighted by atomic mass is 10.1. The summed E-state index contributed by atoms with van der Waals surface area (Å²) in [6.45, 7) is 1.02. The maximum absolute atomic E-state index is 12.8. The minimum atomic E-state index is -3.58. The van der Waals surface area contributed by atoms with Gasteiger partial charge >= 0.3 is 5.97 Å². The van der Waals surface area contributed by atoms with Gasteiger partial charge in [-0.15, -0.1) is 11.3 Å². The summed E-state index contributed by atoms with van der Waals surface area (Å²) in [7, 11) is -2.06. The highest BCUT2D eigenvalue weighted by atomic mass is 32.2. The number of thiophene rings is 1. The first kappa shape index (κ1) is 19.6. The van der Waals surface area contributed by atoms with Gasteiger partial charge in [-0.05, 0) is 37.1 Å². The first-order valence-corrected chi connectivity index (χ1v) is 10.9. The molecule has 1 aliphatic rings. The zero-order valence-electron chi connectivity index (χ0n) is 14.9. The van der Waals surface area contributed by atoms with Crippen LogP contribution in [0.25, 0.3) is 11.6 Å². The number of piperidine rings is 1. The molecule has 0 radical (unpaired) electrons. The van der Waals surface area contributed by atoms with Crippen LogP contribution in [0.1, 0.15) is 29.7 Å². The summed E-state index contributed by atoms with van der Waals surface area (Å²) in [6.07, 6.45) is 4.24. The molecule has 0 amide bonds. The van der Waals surface area contributed by atoms with Gasteiger partial charge in [0.25, 0.3) is 10.0 Å². The Morgan fingerprint density at radius 3 is 2.52 bits per heavy atom. The number of carbonyl (C=O) groups is 1. The lowest BCUT2D eigenvalue weighted by molar-refractivity contribution is -0.130. The molecule has 8 heteroatoms. The molecular weight excluding hydrogens is 386 g/mol. The van der Waals surface area contributed by atoms with Crippen molar-refractivity contribution in [1.82, 2.24) is 4.31 Å². The van der Waals surface area contributed by atoms with E-state index in [9.17, 15) is 18.3 Å². The van der Waals surface area contributed by atoms with Crippen molar-refractivity contribution in [3.8, 4) is 5.75 Å². The van der Waals surface area contributed by atoms with Crippen molar-refractivity contribution in [3.63, 3.8) is 0 Å². The monoisotopic (exact) mass is 407 g/mol. The molecule has 2 aromatic rings. The second-order valence-electron chi connectivity index (χ2n) is 6.19. The van der Waals surface area contributed by atoms with Gasteiger partial charge in [-0.2, -0.15) is 4.31 Å². The van der Waals surface area contributed by atoms with E-state index >= 15 is 0 Å². The standard InChI is InChI=1S/C19H21NO5S2/c1-25-16-8-4-3-7-14(16)13-15(19(21)22)17-9-10-18(26-17)27(23,24)20-11-5-2-6-12-20/h3-4,7-10,13H,2,5-6,11-12H2,1H3,(H,21,22). The molecular formula is C19H21NO5S2. The number of carboxylic acid groups (broad SMARTS) is 1. The van der Waals surface area contributed by atoms with Crippen molar-refractivity contribution < 1.29 is 23.1 Å². The Morgan fingerprint density at radius 2 is 1.85 bits per heavy atom. The molecule has 1 fully saturated rings. The molecule has 1 aromatic carbocycles. The second-order valence-corrected chi connectivity index (χ2v) is 9.44. The summed E-state index contributed by atoms with van der Waals surface area (Å²) < 4.78 is 32.5. The van der Waals surface area contributed by atoms with Gasteiger partial charge in [-0.25, -0.2) is 13.2 Å². The van der Waals surface area contributed by atoms with Gasteiger partial charge in [-0.3, -0.25) is 0 Å². The summed E-state index contributed by atoms with van der Waals surface area (Å²) >= 11 is 0.983. The zero-order valence-corrected chi connectivity index (χ0v) is 16.6. The number of methoxy groups -OCH3 is 1. The van der Waals surface area contributed by atoms with Gasteiger partial charge in [0.1, 0.15) is 9.96 Å². The molecule has 0 bridgehead atoms. The predicted octanol–water partition coefficient (Wildman–Crippen LogP) is 3.56. The van der Waals surface area contributed by atoms with Crippen LogP contribution in [0.3, 0.4) is 0 Å². The third-order valence-electron chi connectivity index (χ3n) is 4.43. The maximum Gasteiger partial charge on any atom is 0.337 e. The highest BCUT2D eigenvalue weighted by Crippen LogP contribution is 2.33. The Bertz CT molecular complexity index is 956. The fraction of sp³-hybridized carbons (Fsp3) is 0.316. The third-order valence-corrected chi connectivity index (χ3v) is 7.91. The van der Waals surface area contributed by atoms with Crippen LogP contribution in [-0.2, 0) is 14.8 Å². The van der Waals surface area contributed by atoms with E-state index in [-0.39, 0.29) is 9.78 Å². The van der Waals surface area contributed by atoms with Crippen molar-refractivity contribution >= 4 is 39.0 Å². The molecule has 2 heterocycles. The van der Waals surface area contributed by atoms with E-state index in [1.807, 2.05) is 0 Å². The average molecular weight is 408 g/mol. The van der Waals surface area contributed by atoms with Crippen LogP contribution in [0.5, 0.6) is 5.75 Å². The van der Waals surface area contributed by atoms with Crippen LogP contribution >= 0.6 is 11.3 Å². The molecule has 144 valence electrons. The minimum absolute atomic E-state index is 0.0320. The van der Waals surface area contributed by atoms with Crippen LogP contribution < -0.4 is 4.74 Å². The molecule has 27 heavy (non-hydrogen) atoms. The van der Waals surface area contributed by atoms with Crippen molar-refractivity contribution in [1.29, 1.82) is 0 Å². The third kappa shape index (κ3) is 4.23. The number of rotatable bonds is 6. The Morgan fingerprint density at radius 1 is 1.15 bits per heavy atom. The van der Waals surface area contributed by atoms with E-state index in [0.717, 1.165) is 30.6 Å². The molecule has 1 N–H and O–H groups in total. The Balaban J connectivity index is 1.97. The normalized spacial score (nSPS) is 16.3. The first-order valence-electron chi connectivity index (χ1n) is 8.62. The summed E-state index contributed by atoms with van der Waals surface area (Å²) in [6, 6.07) is 10.1. The van der Waals surface area contributed by atoms with Crippen LogP contribution in [-0.4, -0.2) is 44.0 Å². The van der Waals surface area contributed by atoms with Gasteiger partial charge in [0.15, 0.2) is 0 Å². The highest BCUT2D eigenvalue weighted by Gasteiger charge is 2.28. The first-order chi connectivity index (χ1) is 12.9.